The molecule has 2 heterocycles. The number of hydrogen-bond acceptors (Lipinski definition) is 6. The van der Waals surface area contributed by atoms with Crippen molar-refractivity contribution in [2.24, 2.45) is 17.3 Å². The summed E-state index contributed by atoms with van der Waals surface area (Å²) in [6, 6.07) is 0. The van der Waals surface area contributed by atoms with Crippen LogP contribution in [-0.4, -0.2) is 77.6 Å². The van der Waals surface area contributed by atoms with Gasteiger partial charge in [-0.1, -0.05) is 53.3 Å². The molecule has 2 bridgehead atoms. The second-order valence-electron chi connectivity index (χ2n) is 13.9. The molecule has 4 fully saturated rings. The van der Waals surface area contributed by atoms with E-state index in [2.05, 4.69) is 78.8 Å². The standard InChI is InChI=1S/C26H46O6Si2/c1-23(2,3)34(10,11)30-15-17-19(27)20-21(29-16-28-6)22-24(17,4)14-18-25(5,31-18)26(22,32-20)12-13-33(7,8)9/h17-22,27H,14-16H2,1-11H3/t17-,18?,19?,20?,21?,22?,24?,25?,26?/m0/s1. The summed E-state index contributed by atoms with van der Waals surface area (Å²) < 4.78 is 31.5. The molecule has 194 valence electrons. The Hall–Kier alpha value is -0.246. The first-order valence-corrected chi connectivity index (χ1v) is 19.2. The molecule has 8 unspecified atom stereocenters. The summed E-state index contributed by atoms with van der Waals surface area (Å²) >= 11 is 0. The first-order valence-electron chi connectivity index (χ1n) is 12.8. The summed E-state index contributed by atoms with van der Waals surface area (Å²) in [7, 11) is -2.05. The highest BCUT2D eigenvalue weighted by Gasteiger charge is 2.84. The molecule has 2 saturated heterocycles. The Morgan fingerprint density at radius 2 is 1.74 bits per heavy atom. The van der Waals surface area contributed by atoms with Crippen molar-refractivity contribution in [3.05, 3.63) is 0 Å². The van der Waals surface area contributed by atoms with Crippen molar-refractivity contribution >= 4 is 16.4 Å². The van der Waals surface area contributed by atoms with E-state index in [0.717, 1.165) is 6.42 Å². The normalized spacial score (nSPS) is 45.4. The average molecular weight is 511 g/mol. The maximum Gasteiger partial charge on any atom is 0.191 e. The monoisotopic (exact) mass is 510 g/mol. The number of hydrogen-bond donors (Lipinski definition) is 1. The lowest BCUT2D eigenvalue weighted by Gasteiger charge is -2.55. The van der Waals surface area contributed by atoms with Crippen LogP contribution >= 0.6 is 0 Å². The minimum Gasteiger partial charge on any atom is -0.416 e. The Balaban J connectivity index is 1.78. The number of epoxide rings is 1. The van der Waals surface area contributed by atoms with E-state index in [-0.39, 0.29) is 41.3 Å². The van der Waals surface area contributed by atoms with Crippen LogP contribution in [0.1, 0.15) is 41.0 Å². The third kappa shape index (κ3) is 3.90. The zero-order valence-corrected chi connectivity index (χ0v) is 25.1. The van der Waals surface area contributed by atoms with Crippen LogP contribution in [0.5, 0.6) is 0 Å². The molecular formula is C26H46O6Si2. The van der Waals surface area contributed by atoms with Gasteiger partial charge in [-0.2, -0.15) is 0 Å². The van der Waals surface area contributed by atoms with Crippen LogP contribution in [0, 0.1) is 28.7 Å². The maximum atomic E-state index is 11.8. The van der Waals surface area contributed by atoms with Crippen LogP contribution in [0.25, 0.3) is 0 Å². The van der Waals surface area contributed by atoms with E-state index in [0.29, 0.717) is 6.61 Å². The molecule has 8 heteroatoms. The molecule has 4 aliphatic rings. The predicted molar refractivity (Wildman–Crippen MR) is 138 cm³/mol. The third-order valence-corrected chi connectivity index (χ3v) is 14.8. The number of aliphatic hydroxyl groups is 1. The summed E-state index contributed by atoms with van der Waals surface area (Å²) in [5.41, 5.74) is 2.00. The van der Waals surface area contributed by atoms with Crippen molar-refractivity contribution in [2.75, 3.05) is 20.5 Å². The van der Waals surface area contributed by atoms with Gasteiger partial charge in [-0.25, -0.2) is 0 Å². The molecule has 0 radical (unpaired) electrons. The quantitative estimate of drug-likeness (QED) is 0.250. The Morgan fingerprint density at radius 1 is 1.09 bits per heavy atom. The van der Waals surface area contributed by atoms with Crippen molar-refractivity contribution in [2.45, 2.75) is 114 Å². The Morgan fingerprint density at radius 3 is 2.29 bits per heavy atom. The fraction of sp³-hybridized carbons (Fsp3) is 0.923. The summed E-state index contributed by atoms with van der Waals surface area (Å²) in [6.07, 6.45) is -0.591. The van der Waals surface area contributed by atoms with Crippen molar-refractivity contribution in [3.8, 4) is 11.5 Å². The highest BCUT2D eigenvalue weighted by atomic mass is 28.4. The molecule has 0 amide bonds. The minimum atomic E-state index is -1.99. The van der Waals surface area contributed by atoms with Gasteiger partial charge in [0.05, 0.1) is 18.3 Å². The van der Waals surface area contributed by atoms with E-state index < -0.39 is 39.8 Å². The summed E-state index contributed by atoms with van der Waals surface area (Å²) in [6.45, 7) is 23.1. The molecule has 0 aromatic rings. The summed E-state index contributed by atoms with van der Waals surface area (Å²) in [5.74, 6) is 3.52. The number of ether oxygens (including phenoxy) is 4. The number of methoxy groups -OCH3 is 1. The second-order valence-corrected chi connectivity index (χ2v) is 23.5. The first-order chi connectivity index (χ1) is 15.4. The summed E-state index contributed by atoms with van der Waals surface area (Å²) in [4.78, 5) is 0. The zero-order chi connectivity index (χ0) is 25.5. The van der Waals surface area contributed by atoms with Crippen LogP contribution in [0.2, 0.25) is 37.8 Å². The smallest absolute Gasteiger partial charge is 0.191 e. The Bertz CT molecular complexity index is 869. The SMILES string of the molecule is COCOC1C2OC3(C#C[Si](C)(C)C)C1C(C)(CC1OC13C)[C@@H](CO[Si](C)(C)C(C)(C)C)C2O. The van der Waals surface area contributed by atoms with Gasteiger partial charge in [0.1, 0.15) is 26.6 Å². The van der Waals surface area contributed by atoms with E-state index in [4.69, 9.17) is 23.4 Å². The fourth-order valence-corrected chi connectivity index (χ4v) is 7.90. The van der Waals surface area contributed by atoms with Crippen LogP contribution < -0.4 is 0 Å². The van der Waals surface area contributed by atoms with Crippen molar-refractivity contribution in [3.63, 3.8) is 0 Å². The summed E-state index contributed by atoms with van der Waals surface area (Å²) in [5, 5.41) is 11.9. The highest BCUT2D eigenvalue weighted by Crippen LogP contribution is 2.71. The molecule has 4 rings (SSSR count). The van der Waals surface area contributed by atoms with Gasteiger partial charge >= 0.3 is 0 Å². The predicted octanol–water partition coefficient (Wildman–Crippen LogP) is 4.19. The average Bonchev–Trinajstić information content (AvgIpc) is 3.23. The van der Waals surface area contributed by atoms with Crippen LogP contribution in [0.3, 0.4) is 0 Å². The Kier molecular flexibility index (Phi) is 6.41. The van der Waals surface area contributed by atoms with Gasteiger partial charge in [0.15, 0.2) is 13.9 Å². The number of rotatable bonds is 6. The fourth-order valence-electron chi connectivity index (χ4n) is 6.31. The molecular weight excluding hydrogens is 464 g/mol. The second kappa shape index (κ2) is 8.13. The van der Waals surface area contributed by atoms with E-state index in [9.17, 15) is 5.11 Å². The van der Waals surface area contributed by atoms with Gasteiger partial charge in [0.25, 0.3) is 0 Å². The molecule has 9 atom stereocenters. The molecule has 2 saturated carbocycles. The highest BCUT2D eigenvalue weighted by molar-refractivity contribution is 6.83. The lowest BCUT2D eigenvalue weighted by molar-refractivity contribution is -0.189. The molecule has 0 spiro atoms. The van der Waals surface area contributed by atoms with Crippen LogP contribution in [0.15, 0.2) is 0 Å². The van der Waals surface area contributed by atoms with Crippen molar-refractivity contribution in [1.29, 1.82) is 0 Å². The van der Waals surface area contributed by atoms with E-state index in [1.54, 1.807) is 7.11 Å². The largest absolute Gasteiger partial charge is 0.416 e. The molecule has 34 heavy (non-hydrogen) atoms. The van der Waals surface area contributed by atoms with E-state index in [1.165, 1.54) is 0 Å². The minimum absolute atomic E-state index is 0.0378. The number of aliphatic hydroxyl groups excluding tert-OH is 1. The topological polar surface area (TPSA) is 69.7 Å². The van der Waals surface area contributed by atoms with Crippen molar-refractivity contribution in [1.82, 2.24) is 0 Å². The van der Waals surface area contributed by atoms with E-state index >= 15 is 0 Å². The van der Waals surface area contributed by atoms with Gasteiger partial charge in [0, 0.05) is 25.6 Å². The zero-order valence-electron chi connectivity index (χ0n) is 23.1. The maximum absolute atomic E-state index is 11.8. The number of fused-ring (bicyclic) bond motifs is 3. The van der Waals surface area contributed by atoms with Gasteiger partial charge in [-0.05, 0) is 36.9 Å². The molecule has 6 nitrogen and oxygen atoms in total. The Labute approximate surface area is 208 Å². The molecule has 2 aliphatic carbocycles. The lowest BCUT2D eigenvalue weighted by Crippen LogP contribution is -2.66. The van der Waals surface area contributed by atoms with Gasteiger partial charge < -0.3 is 28.5 Å². The van der Waals surface area contributed by atoms with E-state index in [1.807, 2.05) is 0 Å². The van der Waals surface area contributed by atoms with Gasteiger partial charge in [-0.15, -0.1) is 5.54 Å². The first kappa shape index (κ1) is 26.8. The van der Waals surface area contributed by atoms with Gasteiger partial charge in [-0.3, -0.25) is 0 Å². The van der Waals surface area contributed by atoms with Crippen LogP contribution in [-0.2, 0) is 23.4 Å². The molecule has 0 aromatic heterocycles. The third-order valence-electron chi connectivity index (χ3n) is 9.46. The van der Waals surface area contributed by atoms with Crippen LogP contribution in [0.4, 0.5) is 0 Å². The van der Waals surface area contributed by atoms with Crippen molar-refractivity contribution < 1.29 is 28.5 Å². The lowest BCUT2D eigenvalue weighted by atomic mass is 9.49. The molecule has 1 N–H and O–H groups in total. The van der Waals surface area contributed by atoms with Gasteiger partial charge in [0.2, 0.25) is 0 Å². The molecule has 0 aromatic carbocycles. The molecule has 2 aliphatic heterocycles.